The lowest BCUT2D eigenvalue weighted by Crippen LogP contribution is -2.37. The van der Waals surface area contributed by atoms with Crippen molar-refractivity contribution < 1.29 is 0 Å². The van der Waals surface area contributed by atoms with Crippen molar-refractivity contribution in [3.05, 3.63) is 22.4 Å². The molecule has 1 aliphatic rings. The van der Waals surface area contributed by atoms with Crippen molar-refractivity contribution in [2.24, 2.45) is 5.41 Å². The summed E-state index contributed by atoms with van der Waals surface area (Å²) in [5, 5.41) is 14.7. The van der Waals surface area contributed by atoms with E-state index in [1.165, 1.54) is 4.88 Å². The van der Waals surface area contributed by atoms with Gasteiger partial charge in [-0.2, -0.15) is 5.26 Å². The minimum absolute atomic E-state index is 0.101. The van der Waals surface area contributed by atoms with E-state index in [-0.39, 0.29) is 5.41 Å². The van der Waals surface area contributed by atoms with Crippen molar-refractivity contribution in [1.82, 2.24) is 5.32 Å². The van der Waals surface area contributed by atoms with E-state index in [2.05, 4.69) is 28.9 Å². The molecule has 0 bridgehead atoms. The van der Waals surface area contributed by atoms with Gasteiger partial charge in [0.25, 0.3) is 0 Å². The minimum Gasteiger partial charge on any atom is -0.317 e. The zero-order chi connectivity index (χ0) is 9.86. The summed E-state index contributed by atoms with van der Waals surface area (Å²) < 4.78 is 0. The fraction of sp³-hybridized carbons (Fsp3) is 0.545. The molecule has 1 saturated heterocycles. The molecule has 0 amide bonds. The summed E-state index contributed by atoms with van der Waals surface area (Å²) in [6, 6.07) is 6.71. The van der Waals surface area contributed by atoms with E-state index in [0.717, 1.165) is 32.4 Å². The summed E-state index contributed by atoms with van der Waals surface area (Å²) in [4.78, 5) is 1.34. The van der Waals surface area contributed by atoms with Crippen LogP contribution in [0.1, 0.15) is 17.7 Å². The first-order valence-corrected chi connectivity index (χ1v) is 5.87. The van der Waals surface area contributed by atoms with Crippen LogP contribution >= 0.6 is 11.3 Å². The summed E-state index contributed by atoms with van der Waals surface area (Å²) in [5.74, 6) is 0. The molecule has 2 heterocycles. The number of nitriles is 1. The van der Waals surface area contributed by atoms with Crippen molar-refractivity contribution >= 4 is 11.3 Å². The van der Waals surface area contributed by atoms with Crippen molar-refractivity contribution in [3.8, 4) is 6.07 Å². The number of piperidine rings is 1. The van der Waals surface area contributed by atoms with Crippen LogP contribution < -0.4 is 5.32 Å². The molecule has 74 valence electrons. The molecule has 14 heavy (non-hydrogen) atoms. The fourth-order valence-corrected chi connectivity index (χ4v) is 2.83. The molecule has 1 aliphatic heterocycles. The number of hydrogen-bond acceptors (Lipinski definition) is 3. The normalized spacial score (nSPS) is 20.2. The molecule has 0 saturated carbocycles. The van der Waals surface area contributed by atoms with Gasteiger partial charge in [0, 0.05) is 11.3 Å². The average molecular weight is 206 g/mol. The minimum atomic E-state index is -0.101. The lowest BCUT2D eigenvalue weighted by Gasteiger charge is -2.30. The van der Waals surface area contributed by atoms with Crippen LogP contribution in [0.15, 0.2) is 17.5 Å². The molecule has 0 radical (unpaired) electrons. The van der Waals surface area contributed by atoms with Crippen LogP contribution in [0, 0.1) is 16.7 Å². The maximum atomic E-state index is 9.27. The van der Waals surface area contributed by atoms with Gasteiger partial charge in [-0.3, -0.25) is 0 Å². The van der Waals surface area contributed by atoms with Gasteiger partial charge in [0.15, 0.2) is 0 Å². The molecular formula is C11H14N2S. The molecule has 1 aromatic rings. The number of rotatable bonds is 2. The molecule has 1 N–H and O–H groups in total. The van der Waals surface area contributed by atoms with Crippen LogP contribution in [0.3, 0.4) is 0 Å². The van der Waals surface area contributed by atoms with Crippen LogP contribution in [0.2, 0.25) is 0 Å². The highest BCUT2D eigenvalue weighted by atomic mass is 32.1. The first-order valence-electron chi connectivity index (χ1n) is 4.99. The van der Waals surface area contributed by atoms with Gasteiger partial charge in [0.05, 0.1) is 11.5 Å². The predicted octanol–water partition coefficient (Wildman–Crippen LogP) is 2.18. The van der Waals surface area contributed by atoms with Gasteiger partial charge in [-0.05, 0) is 37.4 Å². The van der Waals surface area contributed by atoms with Crippen molar-refractivity contribution in [3.63, 3.8) is 0 Å². The predicted molar refractivity (Wildman–Crippen MR) is 58.2 cm³/mol. The van der Waals surface area contributed by atoms with Gasteiger partial charge in [-0.25, -0.2) is 0 Å². The van der Waals surface area contributed by atoms with E-state index in [4.69, 9.17) is 0 Å². The third-order valence-corrected chi connectivity index (χ3v) is 3.77. The summed E-state index contributed by atoms with van der Waals surface area (Å²) in [5.41, 5.74) is -0.101. The lowest BCUT2D eigenvalue weighted by molar-refractivity contribution is 0.282. The van der Waals surface area contributed by atoms with Crippen LogP contribution in [0.4, 0.5) is 0 Å². The van der Waals surface area contributed by atoms with E-state index in [1.807, 2.05) is 0 Å². The smallest absolute Gasteiger partial charge is 0.0694 e. The van der Waals surface area contributed by atoms with Gasteiger partial charge < -0.3 is 5.32 Å². The molecule has 0 atom stereocenters. The second-order valence-electron chi connectivity index (χ2n) is 3.90. The number of nitrogens with zero attached hydrogens (tertiary/aromatic N) is 1. The van der Waals surface area contributed by atoms with Gasteiger partial charge in [0.2, 0.25) is 0 Å². The molecule has 0 spiro atoms. The number of nitrogens with one attached hydrogen (secondary N) is 1. The van der Waals surface area contributed by atoms with Crippen molar-refractivity contribution in [2.45, 2.75) is 19.3 Å². The van der Waals surface area contributed by atoms with Crippen LogP contribution in [-0.4, -0.2) is 13.1 Å². The largest absolute Gasteiger partial charge is 0.317 e. The molecule has 2 nitrogen and oxygen atoms in total. The van der Waals surface area contributed by atoms with Gasteiger partial charge in [-0.15, -0.1) is 11.3 Å². The van der Waals surface area contributed by atoms with E-state index in [1.54, 1.807) is 11.3 Å². The maximum absolute atomic E-state index is 9.27. The van der Waals surface area contributed by atoms with Crippen molar-refractivity contribution in [1.29, 1.82) is 5.26 Å². The quantitative estimate of drug-likeness (QED) is 0.805. The summed E-state index contributed by atoms with van der Waals surface area (Å²) in [6.07, 6.45) is 2.91. The molecular weight excluding hydrogens is 192 g/mol. The maximum Gasteiger partial charge on any atom is 0.0694 e. The summed E-state index contributed by atoms with van der Waals surface area (Å²) in [7, 11) is 0. The molecule has 3 heteroatoms. The van der Waals surface area contributed by atoms with E-state index in [0.29, 0.717) is 0 Å². The van der Waals surface area contributed by atoms with E-state index in [9.17, 15) is 5.26 Å². The van der Waals surface area contributed by atoms with Gasteiger partial charge in [-0.1, -0.05) is 6.07 Å². The first kappa shape index (κ1) is 9.70. The zero-order valence-electron chi connectivity index (χ0n) is 8.12. The Kier molecular flexibility index (Phi) is 2.85. The monoisotopic (exact) mass is 206 g/mol. The Labute approximate surface area is 88.6 Å². The molecule has 1 aromatic heterocycles. The second kappa shape index (κ2) is 4.12. The molecule has 1 fully saturated rings. The lowest BCUT2D eigenvalue weighted by atomic mass is 9.77. The Morgan fingerprint density at radius 3 is 2.86 bits per heavy atom. The van der Waals surface area contributed by atoms with Gasteiger partial charge >= 0.3 is 0 Å². The summed E-state index contributed by atoms with van der Waals surface area (Å²) >= 11 is 1.76. The molecule has 2 rings (SSSR count). The topological polar surface area (TPSA) is 35.8 Å². The Hall–Kier alpha value is -0.850. The standard InChI is InChI=1S/C11H14N2S/c12-9-11(3-5-13-6-4-11)8-10-2-1-7-14-10/h1-2,7,13H,3-6,8H2. The van der Waals surface area contributed by atoms with E-state index < -0.39 is 0 Å². The van der Waals surface area contributed by atoms with Gasteiger partial charge in [0.1, 0.15) is 0 Å². The number of hydrogen-bond donors (Lipinski definition) is 1. The molecule has 0 unspecified atom stereocenters. The summed E-state index contributed by atoms with van der Waals surface area (Å²) in [6.45, 7) is 1.97. The average Bonchev–Trinajstić information content (AvgIpc) is 2.72. The third-order valence-electron chi connectivity index (χ3n) is 2.89. The van der Waals surface area contributed by atoms with Crippen molar-refractivity contribution in [2.75, 3.05) is 13.1 Å². The molecule has 0 aromatic carbocycles. The van der Waals surface area contributed by atoms with Crippen LogP contribution in [0.5, 0.6) is 0 Å². The number of thiophene rings is 1. The highest BCUT2D eigenvalue weighted by Gasteiger charge is 2.32. The SMILES string of the molecule is N#CC1(Cc2cccs2)CCNCC1. The third kappa shape index (κ3) is 1.97. The highest BCUT2D eigenvalue weighted by Crippen LogP contribution is 2.33. The van der Waals surface area contributed by atoms with E-state index >= 15 is 0 Å². The van der Waals surface area contributed by atoms with Crippen LogP contribution in [-0.2, 0) is 6.42 Å². The Morgan fingerprint density at radius 1 is 1.50 bits per heavy atom. The second-order valence-corrected chi connectivity index (χ2v) is 4.93. The Morgan fingerprint density at radius 2 is 2.29 bits per heavy atom. The Bertz CT molecular complexity index is 318. The fourth-order valence-electron chi connectivity index (χ4n) is 1.98. The zero-order valence-corrected chi connectivity index (χ0v) is 8.94. The molecule has 0 aliphatic carbocycles. The highest BCUT2D eigenvalue weighted by molar-refractivity contribution is 7.09. The Balaban J connectivity index is 2.09. The van der Waals surface area contributed by atoms with Crippen LogP contribution in [0.25, 0.3) is 0 Å². The first-order chi connectivity index (χ1) is 6.85.